The quantitative estimate of drug-likeness (QED) is 0.633. The van der Waals surface area contributed by atoms with Crippen LogP contribution in [-0.4, -0.2) is 17.9 Å². The van der Waals surface area contributed by atoms with E-state index in [-0.39, 0.29) is 24.3 Å². The minimum Gasteiger partial charge on any atom is -0.273 e. The molecule has 2 amide bonds. The smallest absolute Gasteiger partial charge is 0.256 e. The summed E-state index contributed by atoms with van der Waals surface area (Å²) in [6, 6.07) is 17.3. The second-order valence-corrected chi connectivity index (χ2v) is 6.24. The van der Waals surface area contributed by atoms with Crippen molar-refractivity contribution in [2.75, 3.05) is 0 Å². The first-order valence-electron chi connectivity index (χ1n) is 8.32. The Bertz CT molecular complexity index is 731. The summed E-state index contributed by atoms with van der Waals surface area (Å²) in [4.78, 5) is 24.1. The van der Waals surface area contributed by atoms with Gasteiger partial charge in [0.2, 0.25) is 5.91 Å². The summed E-state index contributed by atoms with van der Waals surface area (Å²) < 4.78 is 0. The lowest BCUT2D eigenvalue weighted by molar-refractivity contribution is -0.129. The Morgan fingerprint density at radius 2 is 1.72 bits per heavy atom. The summed E-state index contributed by atoms with van der Waals surface area (Å²) >= 11 is 0. The SMILES string of the molecule is Cc1ccc(CC(=O)NNC(=O)C2CC(c3ccccc3)NN2)cc1. The van der Waals surface area contributed by atoms with Crippen molar-refractivity contribution < 1.29 is 9.59 Å². The van der Waals surface area contributed by atoms with Gasteiger partial charge in [0.1, 0.15) is 6.04 Å². The van der Waals surface area contributed by atoms with E-state index in [9.17, 15) is 9.59 Å². The summed E-state index contributed by atoms with van der Waals surface area (Å²) in [7, 11) is 0. The maximum Gasteiger partial charge on any atom is 0.256 e. The van der Waals surface area contributed by atoms with E-state index in [2.05, 4.69) is 21.7 Å². The fourth-order valence-corrected chi connectivity index (χ4v) is 2.79. The molecule has 0 aliphatic carbocycles. The predicted molar refractivity (Wildman–Crippen MR) is 95.0 cm³/mol. The number of carbonyl (C=O) groups is 2. The number of rotatable bonds is 4. The molecule has 1 heterocycles. The van der Waals surface area contributed by atoms with Crippen molar-refractivity contribution in [3.8, 4) is 0 Å². The lowest BCUT2D eigenvalue weighted by Gasteiger charge is -2.12. The van der Waals surface area contributed by atoms with E-state index in [1.54, 1.807) is 0 Å². The number of aryl methyl sites for hydroxylation is 1. The molecule has 0 aromatic heterocycles. The highest BCUT2D eigenvalue weighted by Crippen LogP contribution is 2.21. The Morgan fingerprint density at radius 1 is 1.00 bits per heavy atom. The third kappa shape index (κ3) is 4.65. The van der Waals surface area contributed by atoms with Gasteiger partial charge >= 0.3 is 0 Å². The van der Waals surface area contributed by atoms with Gasteiger partial charge in [-0.15, -0.1) is 0 Å². The van der Waals surface area contributed by atoms with Crippen LogP contribution in [0.3, 0.4) is 0 Å². The van der Waals surface area contributed by atoms with Gasteiger partial charge in [0.05, 0.1) is 6.42 Å². The van der Waals surface area contributed by atoms with Gasteiger partial charge in [-0.2, -0.15) is 0 Å². The van der Waals surface area contributed by atoms with E-state index in [0.29, 0.717) is 6.42 Å². The summed E-state index contributed by atoms with van der Waals surface area (Å²) in [5.41, 5.74) is 14.2. The number of hydrogen-bond donors (Lipinski definition) is 4. The molecule has 0 bridgehead atoms. The molecule has 6 nitrogen and oxygen atoms in total. The second-order valence-electron chi connectivity index (χ2n) is 6.24. The highest BCUT2D eigenvalue weighted by molar-refractivity contribution is 5.86. The van der Waals surface area contributed by atoms with Crippen LogP contribution in [0.2, 0.25) is 0 Å². The van der Waals surface area contributed by atoms with Crippen LogP contribution in [-0.2, 0) is 16.0 Å². The molecule has 1 saturated heterocycles. The molecule has 1 aliphatic rings. The maximum absolute atomic E-state index is 12.2. The number of hydrazine groups is 2. The Kier molecular flexibility index (Phi) is 5.42. The topological polar surface area (TPSA) is 82.3 Å². The highest BCUT2D eigenvalue weighted by atomic mass is 16.2. The minimum atomic E-state index is -0.398. The molecule has 0 spiro atoms. The zero-order valence-electron chi connectivity index (χ0n) is 14.1. The van der Waals surface area contributed by atoms with Gasteiger partial charge in [-0.3, -0.25) is 20.4 Å². The van der Waals surface area contributed by atoms with E-state index >= 15 is 0 Å². The molecule has 2 aromatic rings. The zero-order valence-corrected chi connectivity index (χ0v) is 14.1. The zero-order chi connectivity index (χ0) is 17.6. The summed E-state index contributed by atoms with van der Waals surface area (Å²) in [5, 5.41) is 0. The molecule has 1 aliphatic heterocycles. The predicted octanol–water partition coefficient (Wildman–Crippen LogP) is 1.29. The molecule has 130 valence electrons. The van der Waals surface area contributed by atoms with Crippen LogP contribution in [0.25, 0.3) is 0 Å². The van der Waals surface area contributed by atoms with Crippen LogP contribution >= 0.6 is 0 Å². The average Bonchev–Trinajstić information content (AvgIpc) is 3.13. The van der Waals surface area contributed by atoms with Crippen LogP contribution < -0.4 is 21.7 Å². The summed E-state index contributed by atoms with van der Waals surface area (Å²) in [6.45, 7) is 2.00. The Hall–Kier alpha value is -2.70. The Morgan fingerprint density at radius 3 is 2.44 bits per heavy atom. The Labute approximate surface area is 147 Å². The van der Waals surface area contributed by atoms with Gasteiger partial charge in [0.15, 0.2) is 0 Å². The fourth-order valence-electron chi connectivity index (χ4n) is 2.79. The third-order valence-electron chi connectivity index (χ3n) is 4.23. The Balaban J connectivity index is 1.45. The fraction of sp³-hybridized carbons (Fsp3) is 0.263. The molecule has 0 radical (unpaired) electrons. The summed E-state index contributed by atoms with van der Waals surface area (Å²) in [5.74, 6) is -0.508. The van der Waals surface area contributed by atoms with Crippen molar-refractivity contribution in [1.29, 1.82) is 0 Å². The van der Waals surface area contributed by atoms with E-state index < -0.39 is 6.04 Å². The van der Waals surface area contributed by atoms with Gasteiger partial charge in [0, 0.05) is 6.04 Å². The molecule has 6 heteroatoms. The van der Waals surface area contributed by atoms with Crippen LogP contribution in [0.5, 0.6) is 0 Å². The standard InChI is InChI=1S/C19H22N4O2/c1-13-7-9-14(10-8-13)11-18(24)22-23-19(25)17-12-16(20-21-17)15-5-3-2-4-6-15/h2-10,16-17,20-21H,11-12H2,1H3,(H,22,24)(H,23,25). The van der Waals surface area contributed by atoms with Gasteiger partial charge in [-0.1, -0.05) is 60.2 Å². The minimum absolute atomic E-state index is 0.0696. The summed E-state index contributed by atoms with van der Waals surface area (Å²) in [6.07, 6.45) is 0.841. The highest BCUT2D eigenvalue weighted by Gasteiger charge is 2.30. The number of benzene rings is 2. The van der Waals surface area contributed by atoms with E-state index in [1.165, 1.54) is 0 Å². The molecular formula is C19H22N4O2. The number of amides is 2. The molecule has 4 N–H and O–H groups in total. The van der Waals surface area contributed by atoms with Crippen molar-refractivity contribution in [3.05, 3.63) is 71.3 Å². The first kappa shape index (κ1) is 17.1. The largest absolute Gasteiger partial charge is 0.273 e. The second kappa shape index (κ2) is 7.92. The van der Waals surface area contributed by atoms with Gasteiger partial charge in [-0.05, 0) is 24.5 Å². The first-order valence-corrected chi connectivity index (χ1v) is 8.32. The third-order valence-corrected chi connectivity index (χ3v) is 4.23. The number of carbonyl (C=O) groups excluding carboxylic acids is 2. The molecule has 2 aromatic carbocycles. The van der Waals surface area contributed by atoms with Crippen LogP contribution in [0, 0.1) is 6.92 Å². The average molecular weight is 338 g/mol. The van der Waals surface area contributed by atoms with E-state index in [1.807, 2.05) is 61.5 Å². The van der Waals surface area contributed by atoms with Crippen LogP contribution in [0.1, 0.15) is 29.2 Å². The monoisotopic (exact) mass is 338 g/mol. The lowest BCUT2D eigenvalue weighted by atomic mass is 10.0. The molecule has 2 unspecified atom stereocenters. The van der Waals surface area contributed by atoms with Crippen molar-refractivity contribution >= 4 is 11.8 Å². The molecule has 3 rings (SSSR count). The van der Waals surface area contributed by atoms with Crippen molar-refractivity contribution in [2.45, 2.75) is 31.8 Å². The van der Waals surface area contributed by atoms with Crippen molar-refractivity contribution in [2.24, 2.45) is 0 Å². The first-order chi connectivity index (χ1) is 12.1. The van der Waals surface area contributed by atoms with Crippen LogP contribution in [0.4, 0.5) is 0 Å². The van der Waals surface area contributed by atoms with E-state index in [4.69, 9.17) is 0 Å². The number of hydrogen-bond acceptors (Lipinski definition) is 4. The van der Waals surface area contributed by atoms with Gasteiger partial charge in [-0.25, -0.2) is 10.9 Å². The van der Waals surface area contributed by atoms with E-state index in [0.717, 1.165) is 16.7 Å². The molecule has 25 heavy (non-hydrogen) atoms. The molecular weight excluding hydrogens is 316 g/mol. The molecule has 0 saturated carbocycles. The van der Waals surface area contributed by atoms with Crippen molar-refractivity contribution in [1.82, 2.24) is 21.7 Å². The lowest BCUT2D eigenvalue weighted by Crippen LogP contribution is -2.50. The molecule has 2 atom stereocenters. The maximum atomic E-state index is 12.2. The normalized spacial score (nSPS) is 19.4. The van der Waals surface area contributed by atoms with Crippen LogP contribution in [0.15, 0.2) is 54.6 Å². The molecule has 1 fully saturated rings. The van der Waals surface area contributed by atoms with Crippen molar-refractivity contribution in [3.63, 3.8) is 0 Å². The number of nitrogens with one attached hydrogen (secondary N) is 4. The van der Waals surface area contributed by atoms with Gasteiger partial charge in [0.25, 0.3) is 5.91 Å². The van der Waals surface area contributed by atoms with Gasteiger partial charge < -0.3 is 0 Å².